The van der Waals surface area contributed by atoms with Crippen LogP contribution in [0.5, 0.6) is 0 Å². The minimum Gasteiger partial charge on any atom is -0.343 e. The van der Waals surface area contributed by atoms with E-state index in [-0.39, 0.29) is 30.8 Å². The van der Waals surface area contributed by atoms with Crippen molar-refractivity contribution in [3.63, 3.8) is 0 Å². The van der Waals surface area contributed by atoms with Crippen LogP contribution in [0.3, 0.4) is 0 Å². The number of halogens is 2. The van der Waals surface area contributed by atoms with Crippen molar-refractivity contribution in [2.75, 3.05) is 6.54 Å². The van der Waals surface area contributed by atoms with E-state index >= 15 is 0 Å². The Kier molecular flexibility index (Phi) is 4.28. The number of carbonyl (C=O) groups is 2. The van der Waals surface area contributed by atoms with Gasteiger partial charge in [0.15, 0.2) is 0 Å². The van der Waals surface area contributed by atoms with Crippen LogP contribution in [0.25, 0.3) is 0 Å². The van der Waals surface area contributed by atoms with Crippen molar-refractivity contribution >= 4 is 23.4 Å². The van der Waals surface area contributed by atoms with Gasteiger partial charge in [-0.15, -0.1) is 0 Å². The molecule has 2 amide bonds. The number of rotatable bonds is 3. The van der Waals surface area contributed by atoms with Gasteiger partial charge in [0, 0.05) is 11.6 Å². The monoisotopic (exact) mass is 298 g/mol. The van der Waals surface area contributed by atoms with Crippen molar-refractivity contribution in [3.8, 4) is 0 Å². The molecule has 1 fully saturated rings. The van der Waals surface area contributed by atoms with E-state index in [4.69, 9.17) is 11.6 Å². The predicted molar refractivity (Wildman–Crippen MR) is 73.6 cm³/mol. The van der Waals surface area contributed by atoms with E-state index in [1.54, 1.807) is 0 Å². The molecule has 0 spiro atoms. The smallest absolute Gasteiger partial charge is 0.246 e. The van der Waals surface area contributed by atoms with Crippen LogP contribution in [-0.4, -0.2) is 29.3 Å². The van der Waals surface area contributed by atoms with E-state index in [1.807, 2.05) is 13.8 Å². The first-order chi connectivity index (χ1) is 9.38. The Labute approximate surface area is 121 Å². The third kappa shape index (κ3) is 3.10. The van der Waals surface area contributed by atoms with Crippen molar-refractivity contribution in [3.05, 3.63) is 34.6 Å². The summed E-state index contributed by atoms with van der Waals surface area (Å²) >= 11 is 5.99. The maximum atomic E-state index is 13.2. The Hall–Kier alpha value is -1.62. The zero-order valence-electron chi connectivity index (χ0n) is 11.3. The van der Waals surface area contributed by atoms with Crippen LogP contribution in [0.15, 0.2) is 18.2 Å². The number of hydrogen-bond acceptors (Lipinski definition) is 2. The topological polar surface area (TPSA) is 49.4 Å². The predicted octanol–water partition coefficient (Wildman–Crippen LogP) is 1.96. The van der Waals surface area contributed by atoms with E-state index in [1.165, 1.54) is 23.1 Å². The first kappa shape index (κ1) is 14.8. The zero-order valence-corrected chi connectivity index (χ0v) is 12.1. The molecule has 20 heavy (non-hydrogen) atoms. The summed E-state index contributed by atoms with van der Waals surface area (Å²) in [6.45, 7) is 3.82. The zero-order chi connectivity index (χ0) is 14.9. The molecule has 1 aromatic rings. The lowest BCUT2D eigenvalue weighted by atomic mass is 10.0. The molecule has 1 aliphatic heterocycles. The maximum absolute atomic E-state index is 13.2. The molecule has 108 valence electrons. The van der Waals surface area contributed by atoms with Gasteiger partial charge in [-0.2, -0.15) is 0 Å². The molecule has 1 N–H and O–H groups in total. The van der Waals surface area contributed by atoms with Crippen LogP contribution < -0.4 is 5.32 Å². The fourth-order valence-corrected chi connectivity index (χ4v) is 2.36. The van der Waals surface area contributed by atoms with Gasteiger partial charge in [0.2, 0.25) is 11.8 Å². The average Bonchev–Trinajstić information content (AvgIpc) is 2.37. The van der Waals surface area contributed by atoms with Crippen molar-refractivity contribution in [2.24, 2.45) is 5.92 Å². The normalized spacial score (nSPS) is 19.4. The van der Waals surface area contributed by atoms with E-state index in [2.05, 4.69) is 5.32 Å². The molecule has 0 bridgehead atoms. The standard InChI is InChI=1S/C14H16ClFN2O2/c1-8(2)13-14(20)18(7-12(19)17-13)6-9-5-10(16)3-4-11(9)15/h3-5,8,13H,6-7H2,1-2H3,(H,17,19). The van der Waals surface area contributed by atoms with Gasteiger partial charge in [-0.05, 0) is 29.7 Å². The lowest BCUT2D eigenvalue weighted by molar-refractivity contribution is -0.146. The number of hydrogen-bond donors (Lipinski definition) is 1. The first-order valence-corrected chi connectivity index (χ1v) is 6.78. The minimum atomic E-state index is -0.538. The summed E-state index contributed by atoms with van der Waals surface area (Å²) in [5, 5.41) is 3.05. The minimum absolute atomic E-state index is 0.00256. The highest BCUT2D eigenvalue weighted by Crippen LogP contribution is 2.21. The number of amides is 2. The number of nitrogens with one attached hydrogen (secondary N) is 1. The Morgan fingerprint density at radius 3 is 2.80 bits per heavy atom. The van der Waals surface area contributed by atoms with Crippen molar-refractivity contribution in [2.45, 2.75) is 26.4 Å². The molecule has 1 aromatic carbocycles. The Bertz CT molecular complexity index is 548. The van der Waals surface area contributed by atoms with E-state index in [0.29, 0.717) is 10.6 Å². The van der Waals surface area contributed by atoms with Gasteiger partial charge in [0.05, 0.1) is 6.54 Å². The number of piperazine rings is 1. The molecule has 1 atom stereocenters. The fourth-order valence-electron chi connectivity index (χ4n) is 2.18. The Balaban J connectivity index is 2.21. The molecule has 1 heterocycles. The molecule has 2 rings (SSSR count). The van der Waals surface area contributed by atoms with Crippen LogP contribution in [-0.2, 0) is 16.1 Å². The van der Waals surface area contributed by atoms with Crippen LogP contribution in [0.1, 0.15) is 19.4 Å². The van der Waals surface area contributed by atoms with E-state index in [0.717, 1.165) is 0 Å². The summed E-state index contributed by atoms with van der Waals surface area (Å²) in [5.41, 5.74) is 0.497. The van der Waals surface area contributed by atoms with Crippen molar-refractivity contribution < 1.29 is 14.0 Å². The summed E-state index contributed by atoms with van der Waals surface area (Å²) in [6, 6.07) is 3.45. The van der Waals surface area contributed by atoms with Crippen LogP contribution in [0.4, 0.5) is 4.39 Å². The summed E-state index contributed by atoms with van der Waals surface area (Å²) < 4.78 is 13.2. The molecule has 1 saturated heterocycles. The maximum Gasteiger partial charge on any atom is 0.246 e. The highest BCUT2D eigenvalue weighted by Gasteiger charge is 2.34. The lowest BCUT2D eigenvalue weighted by Crippen LogP contribution is -2.59. The third-order valence-corrected chi connectivity index (χ3v) is 3.63. The van der Waals surface area contributed by atoms with Crippen LogP contribution in [0, 0.1) is 11.7 Å². The van der Waals surface area contributed by atoms with Gasteiger partial charge in [0.25, 0.3) is 0 Å². The molecule has 0 aromatic heterocycles. The quantitative estimate of drug-likeness (QED) is 0.927. The summed E-state index contributed by atoms with van der Waals surface area (Å²) in [4.78, 5) is 25.4. The molecular formula is C14H16ClFN2O2. The highest BCUT2D eigenvalue weighted by atomic mass is 35.5. The molecule has 0 saturated carbocycles. The van der Waals surface area contributed by atoms with Crippen LogP contribution in [0.2, 0.25) is 5.02 Å². The van der Waals surface area contributed by atoms with Gasteiger partial charge >= 0.3 is 0 Å². The second-order valence-electron chi connectivity index (χ2n) is 5.22. The number of benzene rings is 1. The highest BCUT2D eigenvalue weighted by molar-refractivity contribution is 6.31. The molecule has 1 unspecified atom stereocenters. The van der Waals surface area contributed by atoms with E-state index < -0.39 is 11.9 Å². The summed E-state index contributed by atoms with van der Waals surface area (Å²) in [5.74, 6) is -0.799. The van der Waals surface area contributed by atoms with E-state index in [9.17, 15) is 14.0 Å². The van der Waals surface area contributed by atoms with Crippen molar-refractivity contribution in [1.82, 2.24) is 10.2 Å². The fraction of sp³-hybridized carbons (Fsp3) is 0.429. The summed E-state index contributed by atoms with van der Waals surface area (Å²) in [6.07, 6.45) is 0. The summed E-state index contributed by atoms with van der Waals surface area (Å²) in [7, 11) is 0. The van der Waals surface area contributed by atoms with Gasteiger partial charge in [-0.25, -0.2) is 4.39 Å². The van der Waals surface area contributed by atoms with Gasteiger partial charge in [-0.3, -0.25) is 9.59 Å². The largest absolute Gasteiger partial charge is 0.343 e. The molecule has 1 aliphatic rings. The number of carbonyl (C=O) groups excluding carboxylic acids is 2. The Morgan fingerprint density at radius 2 is 2.15 bits per heavy atom. The Morgan fingerprint density at radius 1 is 1.45 bits per heavy atom. The van der Waals surface area contributed by atoms with Gasteiger partial charge < -0.3 is 10.2 Å². The molecule has 0 aliphatic carbocycles. The second-order valence-corrected chi connectivity index (χ2v) is 5.63. The molecule has 4 nitrogen and oxygen atoms in total. The van der Waals surface area contributed by atoms with Gasteiger partial charge in [0.1, 0.15) is 11.9 Å². The van der Waals surface area contributed by atoms with Crippen LogP contribution >= 0.6 is 11.6 Å². The molecular weight excluding hydrogens is 283 g/mol. The average molecular weight is 299 g/mol. The SMILES string of the molecule is CC(C)C1NC(=O)CN(Cc2cc(F)ccc2Cl)C1=O. The molecule has 0 radical (unpaired) electrons. The van der Waals surface area contributed by atoms with Gasteiger partial charge in [-0.1, -0.05) is 25.4 Å². The number of nitrogens with zero attached hydrogens (tertiary/aromatic N) is 1. The third-order valence-electron chi connectivity index (χ3n) is 3.26. The molecule has 6 heteroatoms. The second kappa shape index (κ2) is 5.79. The first-order valence-electron chi connectivity index (χ1n) is 6.40. The van der Waals surface area contributed by atoms with Crippen molar-refractivity contribution in [1.29, 1.82) is 0 Å². The lowest BCUT2D eigenvalue weighted by Gasteiger charge is -2.34.